The molecule has 0 unspecified atom stereocenters. The number of anilines is 4. The Kier molecular flexibility index (Phi) is 13.1. The molecule has 0 radical (unpaired) electrons. The van der Waals surface area contributed by atoms with Gasteiger partial charge in [0.25, 0.3) is 0 Å². The van der Waals surface area contributed by atoms with E-state index in [-0.39, 0.29) is 0 Å². The van der Waals surface area contributed by atoms with Crippen molar-refractivity contribution < 1.29 is 0 Å². The maximum absolute atomic E-state index is 5.89. The van der Waals surface area contributed by atoms with Gasteiger partial charge in [-0.2, -0.15) is 0 Å². The summed E-state index contributed by atoms with van der Waals surface area (Å²) in [6, 6.07) is 31.4. The molecule has 4 aromatic rings. The van der Waals surface area contributed by atoms with Crippen molar-refractivity contribution in [2.24, 2.45) is 0 Å². The van der Waals surface area contributed by atoms with Gasteiger partial charge in [-0.25, -0.2) is 0 Å². The van der Waals surface area contributed by atoms with Crippen molar-refractivity contribution in [3.05, 3.63) is 97.1 Å². The lowest BCUT2D eigenvalue weighted by Crippen LogP contribution is -1.96. The van der Waals surface area contributed by atoms with Crippen LogP contribution in [0.5, 0.6) is 0 Å². The molecule has 4 nitrogen and oxygen atoms in total. The molecule has 0 bridgehead atoms. The van der Waals surface area contributed by atoms with Gasteiger partial charge in [0.15, 0.2) is 0 Å². The van der Waals surface area contributed by atoms with Crippen molar-refractivity contribution >= 4 is 22.7 Å². The van der Waals surface area contributed by atoms with E-state index in [1.54, 1.807) is 0 Å². The highest BCUT2D eigenvalue weighted by Crippen LogP contribution is 2.30. The molecular formula is C30H40N4. The van der Waals surface area contributed by atoms with E-state index in [2.05, 4.69) is 27.7 Å². The zero-order chi connectivity index (χ0) is 25.3. The molecular weight excluding hydrogens is 416 g/mol. The monoisotopic (exact) mass is 456 g/mol. The lowest BCUT2D eigenvalue weighted by molar-refractivity contribution is 1.09. The topological polar surface area (TPSA) is 104 Å². The van der Waals surface area contributed by atoms with Crippen LogP contribution in [0, 0.1) is 0 Å². The van der Waals surface area contributed by atoms with E-state index in [4.69, 9.17) is 22.9 Å². The minimum absolute atomic E-state index is 0.631. The average molecular weight is 457 g/mol. The zero-order valence-corrected chi connectivity index (χ0v) is 21.0. The van der Waals surface area contributed by atoms with Crippen molar-refractivity contribution in [1.29, 1.82) is 0 Å². The van der Waals surface area contributed by atoms with Gasteiger partial charge in [0.2, 0.25) is 0 Å². The number of nitrogens with two attached hydrogens (primary N) is 4. The number of para-hydroxylation sites is 2. The average Bonchev–Trinajstić information content (AvgIpc) is 2.85. The van der Waals surface area contributed by atoms with Gasteiger partial charge in [-0.15, -0.1) is 0 Å². The summed E-state index contributed by atoms with van der Waals surface area (Å²) in [5.74, 6) is 0. The van der Waals surface area contributed by atoms with Crippen LogP contribution in [-0.2, 0) is 0 Å². The molecule has 0 saturated heterocycles. The lowest BCUT2D eigenvalue weighted by Gasteiger charge is -2.07. The van der Waals surface area contributed by atoms with Crippen LogP contribution in [0.15, 0.2) is 97.1 Å². The van der Waals surface area contributed by atoms with Crippen LogP contribution in [0.2, 0.25) is 0 Å². The van der Waals surface area contributed by atoms with E-state index >= 15 is 0 Å². The Hall–Kier alpha value is -3.92. The number of benzene rings is 4. The van der Waals surface area contributed by atoms with E-state index in [9.17, 15) is 0 Å². The quantitative estimate of drug-likeness (QED) is 0.230. The Morgan fingerprint density at radius 2 is 0.706 bits per heavy atom. The fraction of sp³-hybridized carbons (Fsp3) is 0.200. The van der Waals surface area contributed by atoms with Crippen molar-refractivity contribution in [2.45, 2.75) is 40.5 Å². The van der Waals surface area contributed by atoms with Gasteiger partial charge < -0.3 is 22.9 Å². The van der Waals surface area contributed by atoms with Crippen LogP contribution >= 0.6 is 0 Å². The Bertz CT molecular complexity index is 988. The number of rotatable bonds is 2. The highest BCUT2D eigenvalue weighted by atomic mass is 14.7. The molecule has 4 rings (SSSR count). The summed E-state index contributed by atoms with van der Waals surface area (Å²) in [6.45, 7) is 8.50. The second-order valence-corrected chi connectivity index (χ2v) is 7.76. The first-order chi connectivity index (χ1) is 16.4. The smallest absolute Gasteiger partial charge is 0.0627 e. The van der Waals surface area contributed by atoms with Gasteiger partial charge in [-0.05, 0) is 23.3 Å². The predicted molar refractivity (Wildman–Crippen MR) is 153 cm³/mol. The summed E-state index contributed by atoms with van der Waals surface area (Å²) in [4.78, 5) is 0. The molecule has 0 aliphatic rings. The molecule has 0 aromatic heterocycles. The lowest BCUT2D eigenvalue weighted by atomic mass is 10.0. The van der Waals surface area contributed by atoms with Gasteiger partial charge in [0.05, 0.1) is 22.7 Å². The highest BCUT2D eigenvalue weighted by molar-refractivity contribution is 5.85. The summed E-state index contributed by atoms with van der Waals surface area (Å²) in [5, 5.41) is 0. The summed E-state index contributed by atoms with van der Waals surface area (Å²) in [5.41, 5.74) is 30.0. The summed E-state index contributed by atoms with van der Waals surface area (Å²) < 4.78 is 0. The Balaban J connectivity index is 0.000000277. The molecule has 0 spiro atoms. The Labute approximate surface area is 205 Å². The van der Waals surface area contributed by atoms with Crippen molar-refractivity contribution in [3.8, 4) is 22.3 Å². The van der Waals surface area contributed by atoms with Crippen LogP contribution in [0.25, 0.3) is 22.3 Å². The van der Waals surface area contributed by atoms with E-state index in [0.717, 1.165) is 22.3 Å². The second-order valence-electron chi connectivity index (χ2n) is 7.76. The van der Waals surface area contributed by atoms with E-state index in [1.165, 1.54) is 12.8 Å². The maximum atomic E-state index is 5.89. The van der Waals surface area contributed by atoms with E-state index in [1.807, 2.05) is 97.1 Å². The van der Waals surface area contributed by atoms with Gasteiger partial charge in [0.1, 0.15) is 0 Å². The molecule has 34 heavy (non-hydrogen) atoms. The fourth-order valence-electron chi connectivity index (χ4n) is 2.91. The highest BCUT2D eigenvalue weighted by Gasteiger charge is 2.04. The molecule has 4 heteroatoms. The first kappa shape index (κ1) is 28.1. The molecule has 0 fully saturated rings. The third kappa shape index (κ3) is 8.91. The SMILES string of the molecule is CCC.CCC.Nc1cccc(-c2ccccc2)c1N.Nc1cccc(-c2ccccc2)c1N. The minimum atomic E-state index is 0.631. The molecule has 0 atom stereocenters. The number of hydrogen-bond acceptors (Lipinski definition) is 4. The number of hydrogen-bond donors (Lipinski definition) is 4. The standard InChI is InChI=1S/2C12H12N2.2C3H8/c2*13-11-8-4-7-10(12(11)14)9-5-2-1-3-6-9;2*1-3-2/h2*1-8H,13-14H2;2*3H2,1-2H3. The summed E-state index contributed by atoms with van der Waals surface area (Å²) >= 11 is 0. The zero-order valence-electron chi connectivity index (χ0n) is 21.0. The molecule has 8 N–H and O–H groups in total. The first-order valence-electron chi connectivity index (χ1n) is 11.8. The van der Waals surface area contributed by atoms with Crippen molar-refractivity contribution in [2.75, 3.05) is 22.9 Å². The van der Waals surface area contributed by atoms with Gasteiger partial charge in [-0.3, -0.25) is 0 Å². The van der Waals surface area contributed by atoms with Gasteiger partial charge in [0, 0.05) is 11.1 Å². The van der Waals surface area contributed by atoms with Crippen LogP contribution in [0.4, 0.5) is 22.7 Å². The Morgan fingerprint density at radius 1 is 0.412 bits per heavy atom. The fourth-order valence-corrected chi connectivity index (χ4v) is 2.91. The summed E-state index contributed by atoms with van der Waals surface area (Å²) in [6.07, 6.45) is 2.50. The predicted octanol–water partition coefficient (Wildman–Crippen LogP) is 7.87. The normalized spacial score (nSPS) is 9.29. The molecule has 0 heterocycles. The van der Waals surface area contributed by atoms with Crippen molar-refractivity contribution in [3.63, 3.8) is 0 Å². The number of nitrogen functional groups attached to an aromatic ring is 4. The maximum Gasteiger partial charge on any atom is 0.0627 e. The van der Waals surface area contributed by atoms with Crippen molar-refractivity contribution in [1.82, 2.24) is 0 Å². The molecule has 180 valence electrons. The third-order valence-electron chi connectivity index (χ3n) is 4.45. The molecule has 0 aliphatic carbocycles. The van der Waals surface area contributed by atoms with Gasteiger partial charge in [-0.1, -0.05) is 125 Å². The van der Waals surface area contributed by atoms with Gasteiger partial charge >= 0.3 is 0 Å². The first-order valence-corrected chi connectivity index (χ1v) is 11.8. The largest absolute Gasteiger partial charge is 0.397 e. The molecule has 0 saturated carbocycles. The van der Waals surface area contributed by atoms with Crippen LogP contribution in [0.1, 0.15) is 40.5 Å². The van der Waals surface area contributed by atoms with Crippen LogP contribution in [-0.4, -0.2) is 0 Å². The molecule has 0 amide bonds. The van der Waals surface area contributed by atoms with E-state index in [0.29, 0.717) is 22.7 Å². The second kappa shape index (κ2) is 15.8. The third-order valence-corrected chi connectivity index (χ3v) is 4.45. The molecule has 0 aliphatic heterocycles. The summed E-state index contributed by atoms with van der Waals surface area (Å²) in [7, 11) is 0. The Morgan fingerprint density at radius 3 is 1.00 bits per heavy atom. The minimum Gasteiger partial charge on any atom is -0.397 e. The van der Waals surface area contributed by atoms with E-state index < -0.39 is 0 Å². The van der Waals surface area contributed by atoms with Crippen LogP contribution < -0.4 is 22.9 Å². The molecule has 4 aromatic carbocycles. The van der Waals surface area contributed by atoms with Crippen LogP contribution in [0.3, 0.4) is 0 Å².